The smallest absolute Gasteiger partial charge is 0.183 e. The molecule has 18 heavy (non-hydrogen) atoms. The zero-order valence-electron chi connectivity index (χ0n) is 10.3. The van der Waals surface area contributed by atoms with Gasteiger partial charge in [-0.25, -0.2) is 4.98 Å². The van der Waals surface area contributed by atoms with E-state index >= 15 is 0 Å². The molecule has 0 aliphatic carbocycles. The summed E-state index contributed by atoms with van der Waals surface area (Å²) in [7, 11) is 1.72. The highest BCUT2D eigenvalue weighted by Gasteiger charge is 2.02. The molecule has 0 radical (unpaired) electrons. The lowest BCUT2D eigenvalue weighted by Gasteiger charge is -2.01. The van der Waals surface area contributed by atoms with E-state index in [1.807, 2.05) is 18.2 Å². The third-order valence-electron chi connectivity index (χ3n) is 2.38. The summed E-state index contributed by atoms with van der Waals surface area (Å²) in [4.78, 5) is 4.54. The third-order valence-corrected chi connectivity index (χ3v) is 3.18. The van der Waals surface area contributed by atoms with Crippen molar-refractivity contribution < 1.29 is 4.74 Å². The van der Waals surface area contributed by atoms with Gasteiger partial charge in [0.15, 0.2) is 5.13 Å². The van der Waals surface area contributed by atoms with Gasteiger partial charge < -0.3 is 10.1 Å². The van der Waals surface area contributed by atoms with Crippen molar-refractivity contribution in [1.82, 2.24) is 4.98 Å². The lowest BCUT2D eigenvalue weighted by atomic mass is 10.2. The number of aromatic nitrogens is 1. The minimum atomic E-state index is 0. The molecule has 1 aromatic carbocycles. The Labute approximate surface area is 122 Å². The molecule has 0 amide bonds. The maximum Gasteiger partial charge on any atom is 0.183 e. The molecule has 0 spiro atoms. The molecule has 0 unspecified atom stereocenters. The number of hydrogen-bond donors (Lipinski definition) is 1. The first-order chi connectivity index (χ1) is 8.40. The van der Waals surface area contributed by atoms with Crippen molar-refractivity contribution in [2.75, 3.05) is 25.6 Å². The molecule has 1 heterocycles. The number of benzene rings is 1. The molecule has 3 nitrogen and oxygen atoms in total. The summed E-state index contributed by atoms with van der Waals surface area (Å²) in [6.07, 6.45) is 0.997. The lowest BCUT2D eigenvalue weighted by Crippen LogP contribution is -2.04. The van der Waals surface area contributed by atoms with Crippen LogP contribution in [0.3, 0.4) is 0 Å². The molecule has 0 saturated carbocycles. The Balaban J connectivity index is 0.00000162. The van der Waals surface area contributed by atoms with Crippen molar-refractivity contribution in [2.24, 2.45) is 0 Å². The molecule has 2 aromatic rings. The van der Waals surface area contributed by atoms with Gasteiger partial charge in [0, 0.05) is 31.2 Å². The van der Waals surface area contributed by atoms with E-state index in [1.54, 1.807) is 18.4 Å². The van der Waals surface area contributed by atoms with E-state index in [2.05, 4.69) is 27.8 Å². The van der Waals surface area contributed by atoms with Crippen LogP contribution in [0.15, 0.2) is 35.7 Å². The molecule has 5 heteroatoms. The number of nitrogens with zero attached hydrogens (tertiary/aromatic N) is 1. The second-order valence-electron chi connectivity index (χ2n) is 3.68. The molecule has 0 fully saturated rings. The van der Waals surface area contributed by atoms with Crippen LogP contribution >= 0.6 is 28.3 Å². The Kier molecular flexibility index (Phi) is 6.93. The van der Waals surface area contributed by atoms with E-state index < -0.39 is 0 Å². The molecule has 0 bridgehead atoms. The topological polar surface area (TPSA) is 34.1 Å². The number of halogens is 1. The standard InChI is InChI=1S/C13H16N2OS.BrH/c1-16-9-5-8-14-13-15-12(10-17-13)11-6-3-2-4-7-11;/h2-4,6-7,10H,5,8-9H2,1H3,(H,14,15);1H. The van der Waals surface area contributed by atoms with Crippen LogP contribution in [0.2, 0.25) is 0 Å². The summed E-state index contributed by atoms with van der Waals surface area (Å²) >= 11 is 1.64. The first-order valence-electron chi connectivity index (χ1n) is 5.64. The Morgan fingerprint density at radius 2 is 2.06 bits per heavy atom. The maximum absolute atomic E-state index is 5.00. The van der Waals surface area contributed by atoms with Gasteiger partial charge in [0.1, 0.15) is 0 Å². The fraction of sp³-hybridized carbons (Fsp3) is 0.308. The largest absolute Gasteiger partial charge is 0.385 e. The van der Waals surface area contributed by atoms with Gasteiger partial charge in [0.05, 0.1) is 5.69 Å². The van der Waals surface area contributed by atoms with Crippen molar-refractivity contribution in [3.05, 3.63) is 35.7 Å². The number of nitrogens with one attached hydrogen (secondary N) is 1. The molecular formula is C13H17BrN2OS. The molecule has 0 saturated heterocycles. The monoisotopic (exact) mass is 328 g/mol. The number of ether oxygens (including phenoxy) is 1. The average molecular weight is 329 g/mol. The summed E-state index contributed by atoms with van der Waals surface area (Å²) in [6.45, 7) is 1.68. The fourth-order valence-corrected chi connectivity index (χ4v) is 2.26. The Hall–Kier alpha value is -0.910. The molecule has 0 aliphatic heterocycles. The SMILES string of the molecule is Br.COCCCNc1nc(-c2ccccc2)cs1. The highest BCUT2D eigenvalue weighted by atomic mass is 79.9. The van der Waals surface area contributed by atoms with E-state index in [0.717, 1.165) is 36.0 Å². The van der Waals surface area contributed by atoms with E-state index in [1.165, 1.54) is 0 Å². The van der Waals surface area contributed by atoms with Gasteiger partial charge in [-0.15, -0.1) is 28.3 Å². The van der Waals surface area contributed by atoms with Crippen LogP contribution < -0.4 is 5.32 Å². The number of hydrogen-bond acceptors (Lipinski definition) is 4. The fourth-order valence-electron chi connectivity index (χ4n) is 1.51. The van der Waals surface area contributed by atoms with E-state index in [9.17, 15) is 0 Å². The van der Waals surface area contributed by atoms with Crippen LogP contribution in [0.4, 0.5) is 5.13 Å². The van der Waals surface area contributed by atoms with Crippen LogP contribution in [0.1, 0.15) is 6.42 Å². The van der Waals surface area contributed by atoms with Crippen LogP contribution in [0.5, 0.6) is 0 Å². The summed E-state index contributed by atoms with van der Waals surface area (Å²) in [6, 6.07) is 10.2. The summed E-state index contributed by atoms with van der Waals surface area (Å²) < 4.78 is 5.00. The lowest BCUT2D eigenvalue weighted by molar-refractivity contribution is 0.198. The molecular weight excluding hydrogens is 312 g/mol. The quantitative estimate of drug-likeness (QED) is 0.818. The number of rotatable bonds is 6. The van der Waals surface area contributed by atoms with Crippen molar-refractivity contribution in [3.8, 4) is 11.3 Å². The zero-order chi connectivity index (χ0) is 11.9. The van der Waals surface area contributed by atoms with Crippen molar-refractivity contribution in [1.29, 1.82) is 0 Å². The summed E-state index contributed by atoms with van der Waals surface area (Å²) in [5.41, 5.74) is 2.19. The van der Waals surface area contributed by atoms with Gasteiger partial charge in [-0.05, 0) is 6.42 Å². The molecule has 0 aliphatic rings. The Bertz CT molecular complexity index is 447. The molecule has 98 valence electrons. The maximum atomic E-state index is 5.00. The second kappa shape index (κ2) is 8.24. The van der Waals surface area contributed by atoms with Gasteiger partial charge in [-0.3, -0.25) is 0 Å². The van der Waals surface area contributed by atoms with Crippen molar-refractivity contribution >= 4 is 33.4 Å². The minimum absolute atomic E-state index is 0. The van der Waals surface area contributed by atoms with E-state index in [-0.39, 0.29) is 17.0 Å². The minimum Gasteiger partial charge on any atom is -0.385 e. The first-order valence-corrected chi connectivity index (χ1v) is 6.52. The van der Waals surface area contributed by atoms with Gasteiger partial charge in [0.25, 0.3) is 0 Å². The van der Waals surface area contributed by atoms with Gasteiger partial charge in [-0.2, -0.15) is 0 Å². The van der Waals surface area contributed by atoms with Crippen LogP contribution in [0.25, 0.3) is 11.3 Å². The number of methoxy groups -OCH3 is 1. The highest BCUT2D eigenvalue weighted by Crippen LogP contribution is 2.24. The van der Waals surface area contributed by atoms with Gasteiger partial charge in [0.2, 0.25) is 0 Å². The van der Waals surface area contributed by atoms with Crippen LogP contribution in [-0.2, 0) is 4.74 Å². The Morgan fingerprint density at radius 1 is 1.28 bits per heavy atom. The molecule has 2 rings (SSSR count). The predicted octanol–water partition coefficient (Wildman–Crippen LogP) is 3.84. The Morgan fingerprint density at radius 3 is 2.78 bits per heavy atom. The second-order valence-corrected chi connectivity index (χ2v) is 4.54. The molecule has 1 N–H and O–H groups in total. The summed E-state index contributed by atoms with van der Waals surface area (Å²) in [5.74, 6) is 0. The van der Waals surface area contributed by atoms with E-state index in [4.69, 9.17) is 4.74 Å². The average Bonchev–Trinajstić information content (AvgIpc) is 2.85. The van der Waals surface area contributed by atoms with Crippen molar-refractivity contribution in [2.45, 2.75) is 6.42 Å². The van der Waals surface area contributed by atoms with Gasteiger partial charge in [-0.1, -0.05) is 30.3 Å². The number of thiazole rings is 1. The predicted molar refractivity (Wildman–Crippen MR) is 82.9 cm³/mol. The third kappa shape index (κ3) is 4.40. The van der Waals surface area contributed by atoms with Crippen LogP contribution in [-0.4, -0.2) is 25.2 Å². The zero-order valence-corrected chi connectivity index (χ0v) is 12.8. The number of anilines is 1. The normalized spacial score (nSPS) is 9.83. The molecule has 1 aromatic heterocycles. The molecule has 0 atom stereocenters. The van der Waals surface area contributed by atoms with E-state index in [0.29, 0.717) is 0 Å². The first kappa shape index (κ1) is 15.1. The van der Waals surface area contributed by atoms with Gasteiger partial charge >= 0.3 is 0 Å². The highest BCUT2D eigenvalue weighted by molar-refractivity contribution is 8.93. The summed E-state index contributed by atoms with van der Waals surface area (Å²) in [5, 5.41) is 6.35. The van der Waals surface area contributed by atoms with Crippen LogP contribution in [0, 0.1) is 0 Å². The van der Waals surface area contributed by atoms with Crippen molar-refractivity contribution in [3.63, 3.8) is 0 Å².